The van der Waals surface area contributed by atoms with Gasteiger partial charge in [-0.15, -0.1) is 0 Å². The largest absolute Gasteiger partial charge is 0.309 e. The van der Waals surface area contributed by atoms with E-state index in [4.69, 9.17) is 0 Å². The van der Waals surface area contributed by atoms with Crippen LogP contribution in [-0.2, 0) is 22.7 Å². The van der Waals surface area contributed by atoms with Crippen molar-refractivity contribution in [1.82, 2.24) is 0 Å². The molecular formula is C67H47N. The van der Waals surface area contributed by atoms with Crippen molar-refractivity contribution in [2.75, 3.05) is 4.90 Å². The third kappa shape index (κ3) is 4.62. The van der Waals surface area contributed by atoms with Gasteiger partial charge in [-0.2, -0.15) is 0 Å². The Morgan fingerprint density at radius 1 is 0.338 bits per heavy atom. The molecule has 0 amide bonds. The van der Waals surface area contributed by atoms with Gasteiger partial charge in [0.05, 0.1) is 16.8 Å². The quantitative estimate of drug-likeness (QED) is 0.170. The number of benzene rings is 10. The predicted octanol–water partition coefficient (Wildman–Crippen LogP) is 16.7. The lowest BCUT2D eigenvalue weighted by Gasteiger charge is -2.34. The lowest BCUT2D eigenvalue weighted by Crippen LogP contribution is -2.26. The predicted molar refractivity (Wildman–Crippen MR) is 281 cm³/mol. The second kappa shape index (κ2) is 13.6. The van der Waals surface area contributed by atoms with Gasteiger partial charge in [0.15, 0.2) is 0 Å². The van der Waals surface area contributed by atoms with Crippen molar-refractivity contribution in [3.8, 4) is 55.6 Å². The van der Waals surface area contributed by atoms with Crippen LogP contribution in [0, 0.1) is 0 Å². The Bertz CT molecular complexity index is 3760. The van der Waals surface area contributed by atoms with Gasteiger partial charge in [-0.1, -0.05) is 214 Å². The molecule has 0 bridgehead atoms. The van der Waals surface area contributed by atoms with E-state index in [0.29, 0.717) is 0 Å². The summed E-state index contributed by atoms with van der Waals surface area (Å²) in [6.07, 6.45) is 2.11. The smallest absolute Gasteiger partial charge is 0.0726 e. The van der Waals surface area contributed by atoms with Crippen LogP contribution in [0.2, 0.25) is 0 Å². The van der Waals surface area contributed by atoms with Crippen LogP contribution in [0.3, 0.4) is 0 Å². The second-order valence-corrected chi connectivity index (χ2v) is 20.2. The Hall–Kier alpha value is -8.00. The SMILES string of the molecule is CC1(C)c2ccccc2-c2cccc(-c3ccccc3N(c3ccc4c(c3)C3(CCc5ccccc53)c3ccccc3-4)c3cccc4c3-c3ccccc3C43c4ccccc4-c4ccccc43)c21. The van der Waals surface area contributed by atoms with Crippen LogP contribution in [0.1, 0.15) is 75.9 Å². The normalized spacial score (nSPS) is 17.1. The fourth-order valence-electron chi connectivity index (χ4n) is 14.4. The van der Waals surface area contributed by atoms with Crippen LogP contribution in [0.15, 0.2) is 224 Å². The molecule has 0 saturated heterocycles. The van der Waals surface area contributed by atoms with Gasteiger partial charge in [0.25, 0.3) is 0 Å². The molecule has 1 heteroatoms. The highest BCUT2D eigenvalue weighted by Gasteiger charge is 2.53. The number of hydrogen-bond donors (Lipinski definition) is 0. The topological polar surface area (TPSA) is 3.24 Å². The Balaban J connectivity index is 1.04. The third-order valence-corrected chi connectivity index (χ3v) is 16.9. The van der Waals surface area contributed by atoms with Crippen molar-refractivity contribution in [3.63, 3.8) is 0 Å². The van der Waals surface area contributed by atoms with Gasteiger partial charge in [-0.3, -0.25) is 0 Å². The Morgan fingerprint density at radius 3 is 1.50 bits per heavy atom. The summed E-state index contributed by atoms with van der Waals surface area (Å²) in [7, 11) is 0. The van der Waals surface area contributed by atoms with E-state index in [1.165, 1.54) is 128 Å². The molecule has 0 aliphatic heterocycles. The number of para-hydroxylation sites is 1. The van der Waals surface area contributed by atoms with Crippen molar-refractivity contribution in [1.29, 1.82) is 0 Å². The van der Waals surface area contributed by atoms with Crippen molar-refractivity contribution < 1.29 is 0 Å². The van der Waals surface area contributed by atoms with Crippen LogP contribution in [0.5, 0.6) is 0 Å². The minimum Gasteiger partial charge on any atom is -0.309 e. The van der Waals surface area contributed by atoms with Crippen molar-refractivity contribution in [2.45, 2.75) is 42.9 Å². The molecule has 1 nitrogen and oxygen atoms in total. The average Bonchev–Trinajstić information content (AvgIpc) is 4.16. The van der Waals surface area contributed by atoms with Gasteiger partial charge in [-0.25, -0.2) is 0 Å². The molecule has 10 aromatic carbocycles. The summed E-state index contributed by atoms with van der Waals surface area (Å²) >= 11 is 0. The summed E-state index contributed by atoms with van der Waals surface area (Å²) < 4.78 is 0. The molecule has 0 aromatic heterocycles. The zero-order valence-electron chi connectivity index (χ0n) is 38.2. The van der Waals surface area contributed by atoms with E-state index >= 15 is 0 Å². The number of aryl methyl sites for hydroxylation is 1. The Morgan fingerprint density at radius 2 is 0.794 bits per heavy atom. The first kappa shape index (κ1) is 38.1. The van der Waals surface area contributed by atoms with Gasteiger partial charge < -0.3 is 4.90 Å². The van der Waals surface area contributed by atoms with Crippen molar-refractivity contribution in [2.24, 2.45) is 0 Å². The summed E-state index contributed by atoms with van der Waals surface area (Å²) in [4.78, 5) is 2.64. The Labute approximate surface area is 398 Å². The molecule has 5 aliphatic rings. The maximum absolute atomic E-state index is 2.64. The lowest BCUT2D eigenvalue weighted by molar-refractivity contribution is 0.626. The molecule has 320 valence electrons. The first-order valence-electron chi connectivity index (χ1n) is 24.4. The minimum atomic E-state index is -0.465. The molecule has 5 aliphatic carbocycles. The maximum atomic E-state index is 2.64. The van der Waals surface area contributed by atoms with Gasteiger partial charge in [0.1, 0.15) is 0 Å². The summed E-state index contributed by atoms with van der Waals surface area (Å²) in [6.45, 7) is 4.83. The maximum Gasteiger partial charge on any atom is 0.0726 e. The molecule has 15 rings (SSSR count). The molecule has 0 N–H and O–H groups in total. The number of rotatable bonds is 4. The van der Waals surface area contributed by atoms with Gasteiger partial charge in [-0.05, 0) is 137 Å². The molecule has 10 aromatic rings. The first-order valence-corrected chi connectivity index (χ1v) is 24.4. The van der Waals surface area contributed by atoms with Crippen molar-refractivity contribution in [3.05, 3.63) is 280 Å². The molecule has 0 fully saturated rings. The number of hydrogen-bond acceptors (Lipinski definition) is 1. The standard InChI is InChI=1S/C67H47N/c1-65(2)54-29-11-4-23-47(54)50-26-17-27-51(64(50)65)49-24-9-16-35-61(49)68(43-37-38-48-44-20-5-12-30-55(44)66(60(48)41-43)40-39-42-19-3-10-28-53(42)66)62-36-18-34-59-63(62)52-25-8-15-33-58(52)67(59)56-31-13-6-21-45(56)46-22-7-14-32-57(46)67/h3-38,41H,39-40H2,1-2H3. The molecule has 0 heterocycles. The summed E-state index contributed by atoms with van der Waals surface area (Å²) in [5.74, 6) is 0. The Kier molecular flexibility index (Phi) is 7.60. The second-order valence-electron chi connectivity index (χ2n) is 20.2. The summed E-state index contributed by atoms with van der Waals surface area (Å²) in [6, 6.07) is 85.8. The van der Waals surface area contributed by atoms with Crippen LogP contribution < -0.4 is 4.90 Å². The number of nitrogens with zero attached hydrogens (tertiary/aromatic N) is 1. The van der Waals surface area contributed by atoms with Crippen LogP contribution in [0.25, 0.3) is 55.6 Å². The molecule has 1 atom stereocenters. The molecule has 1 unspecified atom stereocenters. The van der Waals surface area contributed by atoms with E-state index in [9.17, 15) is 0 Å². The van der Waals surface area contributed by atoms with Crippen LogP contribution in [0.4, 0.5) is 17.1 Å². The molecule has 0 saturated carbocycles. The highest BCUT2D eigenvalue weighted by atomic mass is 15.1. The fraction of sp³-hybridized carbons (Fsp3) is 0.104. The van der Waals surface area contributed by atoms with E-state index in [0.717, 1.165) is 12.8 Å². The first-order chi connectivity index (χ1) is 33.5. The number of fused-ring (bicyclic) bond motifs is 20. The highest BCUT2D eigenvalue weighted by Crippen LogP contribution is 2.66. The highest BCUT2D eigenvalue weighted by molar-refractivity contribution is 6.03. The number of anilines is 3. The van der Waals surface area contributed by atoms with E-state index in [1.54, 1.807) is 0 Å². The monoisotopic (exact) mass is 865 g/mol. The van der Waals surface area contributed by atoms with Gasteiger partial charge >= 0.3 is 0 Å². The van der Waals surface area contributed by atoms with Gasteiger partial charge in [0.2, 0.25) is 0 Å². The van der Waals surface area contributed by atoms with Crippen LogP contribution >= 0.6 is 0 Å². The van der Waals surface area contributed by atoms with E-state index in [2.05, 4.69) is 243 Å². The molecule has 2 spiro atoms. The summed E-state index contributed by atoms with van der Waals surface area (Å²) in [5.41, 5.74) is 29.7. The van der Waals surface area contributed by atoms with E-state index in [-0.39, 0.29) is 10.8 Å². The fourth-order valence-corrected chi connectivity index (χ4v) is 14.4. The average molecular weight is 866 g/mol. The van der Waals surface area contributed by atoms with E-state index in [1.807, 2.05) is 0 Å². The zero-order valence-corrected chi connectivity index (χ0v) is 38.2. The van der Waals surface area contributed by atoms with Crippen molar-refractivity contribution >= 4 is 17.1 Å². The van der Waals surface area contributed by atoms with Crippen LogP contribution in [-0.4, -0.2) is 0 Å². The zero-order chi connectivity index (χ0) is 44.9. The molecule has 68 heavy (non-hydrogen) atoms. The minimum absolute atomic E-state index is 0.190. The third-order valence-electron chi connectivity index (χ3n) is 16.9. The molecule has 0 radical (unpaired) electrons. The van der Waals surface area contributed by atoms with Gasteiger partial charge in [0, 0.05) is 27.6 Å². The molecular weight excluding hydrogens is 819 g/mol. The lowest BCUT2D eigenvalue weighted by atomic mass is 9.70. The summed E-state index contributed by atoms with van der Waals surface area (Å²) in [5, 5.41) is 0. The van der Waals surface area contributed by atoms with E-state index < -0.39 is 5.41 Å².